The molecular formula is C26H27NO8. The van der Waals surface area contributed by atoms with Gasteiger partial charge in [0.05, 0.1) is 33.9 Å². The molecule has 1 heterocycles. The minimum atomic E-state index is -0.484. The molecule has 9 heteroatoms. The third-order valence-corrected chi connectivity index (χ3v) is 5.13. The molecule has 184 valence electrons. The van der Waals surface area contributed by atoms with Gasteiger partial charge in [0.25, 0.3) is 0 Å². The Hall–Kier alpha value is -4.11. The zero-order chi connectivity index (χ0) is 25.2. The number of ether oxygens (including phenoxy) is 4. The average molecular weight is 482 g/mol. The van der Waals surface area contributed by atoms with E-state index in [0.717, 1.165) is 0 Å². The number of phenolic OH excluding ortho intramolecular Hbond substituents is 1. The minimum absolute atomic E-state index is 0.00350. The molecule has 1 N–H and O–H groups in total. The van der Waals surface area contributed by atoms with Gasteiger partial charge in [0.2, 0.25) is 0 Å². The summed E-state index contributed by atoms with van der Waals surface area (Å²) >= 11 is 0. The Balaban J connectivity index is 1.56. The molecule has 0 unspecified atom stereocenters. The largest absolute Gasteiger partial charge is 0.504 e. The predicted octanol–water partition coefficient (Wildman–Crippen LogP) is 3.50. The topological polar surface area (TPSA) is 112 Å². The van der Waals surface area contributed by atoms with Gasteiger partial charge in [-0.25, -0.2) is 4.79 Å². The van der Waals surface area contributed by atoms with Gasteiger partial charge in [-0.2, -0.15) is 0 Å². The number of nitrogens with zero attached hydrogens (tertiary/aromatic N) is 1. The van der Waals surface area contributed by atoms with Crippen molar-refractivity contribution in [3.8, 4) is 23.0 Å². The van der Waals surface area contributed by atoms with Gasteiger partial charge >= 0.3 is 6.09 Å². The van der Waals surface area contributed by atoms with Gasteiger partial charge in [0.15, 0.2) is 34.6 Å². The summed E-state index contributed by atoms with van der Waals surface area (Å²) in [6.07, 6.45) is 4.93. The number of rotatable bonds is 9. The Kier molecular flexibility index (Phi) is 9.02. The lowest BCUT2D eigenvalue weighted by Gasteiger charge is -2.26. The fourth-order valence-electron chi connectivity index (χ4n) is 3.24. The number of hydrogen-bond donors (Lipinski definition) is 1. The molecule has 0 spiro atoms. The van der Waals surface area contributed by atoms with Crippen molar-refractivity contribution < 1.29 is 38.4 Å². The highest BCUT2D eigenvalue weighted by Gasteiger charge is 2.20. The second-order valence-corrected chi connectivity index (χ2v) is 7.59. The van der Waals surface area contributed by atoms with Crippen LogP contribution >= 0.6 is 0 Å². The summed E-state index contributed by atoms with van der Waals surface area (Å²) in [6, 6.07) is 9.55. The maximum absolute atomic E-state index is 12.3. The third-order valence-electron chi connectivity index (χ3n) is 5.13. The number of hydrogen-bond acceptors (Lipinski definition) is 8. The molecule has 35 heavy (non-hydrogen) atoms. The highest BCUT2D eigenvalue weighted by Crippen LogP contribution is 2.29. The molecule has 0 aliphatic carbocycles. The molecule has 1 fully saturated rings. The van der Waals surface area contributed by atoms with Crippen LogP contribution in [0.3, 0.4) is 0 Å². The number of aromatic hydroxyl groups is 1. The maximum atomic E-state index is 12.3. The van der Waals surface area contributed by atoms with Gasteiger partial charge < -0.3 is 29.0 Å². The van der Waals surface area contributed by atoms with Crippen molar-refractivity contribution in [2.24, 2.45) is 0 Å². The van der Waals surface area contributed by atoms with Crippen molar-refractivity contribution in [3.05, 3.63) is 59.7 Å². The minimum Gasteiger partial charge on any atom is -0.504 e. The zero-order valence-electron chi connectivity index (χ0n) is 19.6. The first-order valence-electron chi connectivity index (χ1n) is 10.9. The van der Waals surface area contributed by atoms with Gasteiger partial charge in [-0.1, -0.05) is 24.3 Å². The standard InChI is InChI=1S/C26H27NO8/c1-32-24-15-18(5-9-22(24)30)3-7-20(28)17-21(29)8-4-19-6-10-23(25(16-19)33-2)35-26(31)27-11-13-34-14-12-27/h3-10,15-16,30H,11-14,17H2,1-2H3/b7-3+,8-4+. The molecule has 2 aromatic rings. The van der Waals surface area contributed by atoms with E-state index in [0.29, 0.717) is 43.2 Å². The molecule has 0 atom stereocenters. The molecule has 9 nitrogen and oxygen atoms in total. The number of carbonyl (C=O) groups is 3. The second kappa shape index (κ2) is 12.4. The van der Waals surface area contributed by atoms with E-state index in [-0.39, 0.29) is 35.2 Å². The van der Waals surface area contributed by atoms with E-state index in [1.807, 2.05) is 0 Å². The van der Waals surface area contributed by atoms with Gasteiger partial charge in [-0.15, -0.1) is 0 Å². The summed E-state index contributed by atoms with van der Waals surface area (Å²) < 4.78 is 21.0. The van der Waals surface area contributed by atoms with Crippen molar-refractivity contribution in [2.75, 3.05) is 40.5 Å². The number of morpholine rings is 1. The summed E-state index contributed by atoms with van der Waals surface area (Å²) in [5, 5.41) is 9.62. The fourth-order valence-corrected chi connectivity index (χ4v) is 3.24. The highest BCUT2D eigenvalue weighted by molar-refractivity contribution is 6.10. The van der Waals surface area contributed by atoms with Crippen LogP contribution in [0.1, 0.15) is 17.5 Å². The molecule has 1 aliphatic rings. The Labute approximate surface area is 203 Å². The molecular weight excluding hydrogens is 454 g/mol. The molecule has 0 aromatic heterocycles. The quantitative estimate of drug-likeness (QED) is 0.428. The highest BCUT2D eigenvalue weighted by atomic mass is 16.6. The fraction of sp³-hybridized carbons (Fsp3) is 0.269. The van der Waals surface area contributed by atoms with Crippen LogP contribution in [0.4, 0.5) is 4.79 Å². The van der Waals surface area contributed by atoms with Crippen LogP contribution in [0.25, 0.3) is 12.2 Å². The molecule has 0 saturated carbocycles. The predicted molar refractivity (Wildman–Crippen MR) is 129 cm³/mol. The number of methoxy groups -OCH3 is 2. The van der Waals surface area contributed by atoms with Gasteiger partial charge in [-0.3, -0.25) is 9.59 Å². The average Bonchev–Trinajstić information content (AvgIpc) is 2.88. The number of benzene rings is 2. The Morgan fingerprint density at radius 3 is 2.06 bits per heavy atom. The number of phenols is 1. The van der Waals surface area contributed by atoms with E-state index in [1.54, 1.807) is 47.4 Å². The summed E-state index contributed by atoms with van der Waals surface area (Å²) in [4.78, 5) is 38.2. The third kappa shape index (κ3) is 7.44. The van der Waals surface area contributed by atoms with Crippen LogP contribution in [0.15, 0.2) is 48.6 Å². The summed E-state index contributed by atoms with van der Waals surface area (Å²) in [5.74, 6) is 0.148. The molecule has 1 saturated heterocycles. The van der Waals surface area contributed by atoms with E-state index in [4.69, 9.17) is 18.9 Å². The van der Waals surface area contributed by atoms with Crippen LogP contribution in [0.2, 0.25) is 0 Å². The van der Waals surface area contributed by atoms with Gasteiger partial charge in [-0.05, 0) is 47.5 Å². The van der Waals surface area contributed by atoms with Crippen molar-refractivity contribution >= 4 is 29.8 Å². The number of carbonyl (C=O) groups excluding carboxylic acids is 3. The number of allylic oxidation sites excluding steroid dienone is 2. The Bertz CT molecular complexity index is 1130. The van der Waals surface area contributed by atoms with Crippen LogP contribution in [0.5, 0.6) is 23.0 Å². The summed E-state index contributed by atoms with van der Waals surface area (Å²) in [5.41, 5.74) is 1.29. The van der Waals surface area contributed by atoms with Crippen molar-refractivity contribution in [2.45, 2.75) is 6.42 Å². The number of amides is 1. The SMILES string of the molecule is COc1cc(/C=C/C(=O)CC(=O)/C=C/c2ccc(OC(=O)N3CCOCC3)c(OC)c2)ccc1O. The van der Waals surface area contributed by atoms with E-state index in [1.165, 1.54) is 32.4 Å². The van der Waals surface area contributed by atoms with E-state index in [9.17, 15) is 19.5 Å². The first-order valence-corrected chi connectivity index (χ1v) is 10.9. The first kappa shape index (κ1) is 25.5. The van der Waals surface area contributed by atoms with Gasteiger partial charge in [0.1, 0.15) is 0 Å². The monoisotopic (exact) mass is 481 g/mol. The van der Waals surface area contributed by atoms with E-state index < -0.39 is 6.09 Å². The maximum Gasteiger partial charge on any atom is 0.415 e. The lowest BCUT2D eigenvalue weighted by atomic mass is 10.1. The van der Waals surface area contributed by atoms with Crippen LogP contribution in [-0.4, -0.2) is 68.2 Å². The van der Waals surface area contributed by atoms with Crippen molar-refractivity contribution in [1.82, 2.24) is 4.90 Å². The zero-order valence-corrected chi connectivity index (χ0v) is 19.6. The van der Waals surface area contributed by atoms with Crippen molar-refractivity contribution in [3.63, 3.8) is 0 Å². The van der Waals surface area contributed by atoms with Crippen LogP contribution < -0.4 is 14.2 Å². The van der Waals surface area contributed by atoms with E-state index in [2.05, 4.69) is 0 Å². The Morgan fingerprint density at radius 1 is 0.886 bits per heavy atom. The normalized spacial score (nSPS) is 13.7. The smallest absolute Gasteiger partial charge is 0.415 e. The molecule has 3 rings (SSSR count). The first-order chi connectivity index (χ1) is 16.9. The lowest BCUT2D eigenvalue weighted by Crippen LogP contribution is -2.42. The van der Waals surface area contributed by atoms with Crippen LogP contribution in [0, 0.1) is 0 Å². The Morgan fingerprint density at radius 2 is 1.46 bits per heavy atom. The second-order valence-electron chi connectivity index (χ2n) is 7.59. The lowest BCUT2D eigenvalue weighted by molar-refractivity contribution is -0.121. The molecule has 2 aromatic carbocycles. The molecule has 1 amide bonds. The van der Waals surface area contributed by atoms with E-state index >= 15 is 0 Å². The number of ketones is 2. The van der Waals surface area contributed by atoms with Crippen LogP contribution in [-0.2, 0) is 14.3 Å². The molecule has 0 bridgehead atoms. The van der Waals surface area contributed by atoms with Crippen molar-refractivity contribution in [1.29, 1.82) is 0 Å². The molecule has 0 radical (unpaired) electrons. The summed E-state index contributed by atoms with van der Waals surface area (Å²) in [7, 11) is 2.88. The summed E-state index contributed by atoms with van der Waals surface area (Å²) in [6.45, 7) is 1.85. The molecule has 1 aliphatic heterocycles. The van der Waals surface area contributed by atoms with Gasteiger partial charge in [0, 0.05) is 13.1 Å².